The van der Waals surface area contributed by atoms with Crippen LogP contribution in [0.25, 0.3) is 0 Å². The van der Waals surface area contributed by atoms with E-state index in [0.29, 0.717) is 0 Å². The summed E-state index contributed by atoms with van der Waals surface area (Å²) in [5.41, 5.74) is 0. The monoisotopic (exact) mass is 212 g/mol. The number of likely N-dealkylation sites (tertiary alicyclic amines) is 1. The van der Waals surface area contributed by atoms with Crippen molar-refractivity contribution in [1.82, 2.24) is 9.80 Å². The van der Waals surface area contributed by atoms with E-state index in [1.165, 1.54) is 38.6 Å². The third-order valence-electron chi connectivity index (χ3n) is 3.69. The Morgan fingerprint density at radius 1 is 1.27 bits per heavy atom. The molecule has 1 N–H and O–H groups in total. The number of piperidine rings is 1. The molecule has 3 nitrogen and oxygen atoms in total. The van der Waals surface area contributed by atoms with Crippen LogP contribution in [-0.4, -0.2) is 60.3 Å². The average Bonchev–Trinajstić information content (AvgIpc) is 3.02. The molecule has 0 bridgehead atoms. The zero-order chi connectivity index (χ0) is 10.7. The number of rotatable bonds is 5. The third-order valence-corrected chi connectivity index (χ3v) is 3.69. The van der Waals surface area contributed by atoms with Crippen LogP contribution < -0.4 is 0 Å². The van der Waals surface area contributed by atoms with Crippen LogP contribution in [0.4, 0.5) is 0 Å². The van der Waals surface area contributed by atoms with Gasteiger partial charge < -0.3 is 10.0 Å². The number of likely N-dealkylation sites (N-methyl/N-ethyl adjacent to an activating group) is 1. The summed E-state index contributed by atoms with van der Waals surface area (Å²) in [6, 6.07) is 1.65. The van der Waals surface area contributed by atoms with Gasteiger partial charge in [0.15, 0.2) is 0 Å². The highest BCUT2D eigenvalue weighted by Gasteiger charge is 2.35. The van der Waals surface area contributed by atoms with Gasteiger partial charge in [-0.05, 0) is 39.3 Å². The van der Waals surface area contributed by atoms with Crippen molar-refractivity contribution in [3.05, 3.63) is 0 Å². The van der Waals surface area contributed by atoms with Gasteiger partial charge in [0.25, 0.3) is 0 Å². The number of aliphatic hydroxyl groups excluding tert-OH is 1. The molecule has 1 heterocycles. The molecule has 15 heavy (non-hydrogen) atoms. The topological polar surface area (TPSA) is 26.7 Å². The highest BCUT2D eigenvalue weighted by molar-refractivity contribution is 4.91. The van der Waals surface area contributed by atoms with Crippen LogP contribution in [-0.2, 0) is 0 Å². The van der Waals surface area contributed by atoms with Gasteiger partial charge in [-0.1, -0.05) is 6.42 Å². The maximum Gasteiger partial charge on any atom is 0.0558 e. The molecule has 1 saturated carbocycles. The standard InChI is InChI=1S/C12H24N2O/c1-13(8-9-15)10-12-4-2-3-7-14(12)11-5-6-11/h11-12,15H,2-10H2,1H3. The van der Waals surface area contributed by atoms with Gasteiger partial charge in [0.1, 0.15) is 0 Å². The van der Waals surface area contributed by atoms with Crippen LogP contribution in [0.3, 0.4) is 0 Å². The van der Waals surface area contributed by atoms with E-state index in [2.05, 4.69) is 16.8 Å². The van der Waals surface area contributed by atoms with E-state index >= 15 is 0 Å². The molecule has 2 rings (SSSR count). The molecular weight excluding hydrogens is 188 g/mol. The first-order chi connectivity index (χ1) is 7.31. The van der Waals surface area contributed by atoms with Gasteiger partial charge in [0.2, 0.25) is 0 Å². The maximum atomic E-state index is 8.90. The fourth-order valence-electron chi connectivity index (χ4n) is 2.73. The first-order valence-corrected chi connectivity index (χ1v) is 6.36. The van der Waals surface area contributed by atoms with E-state index < -0.39 is 0 Å². The molecule has 0 aromatic carbocycles. The van der Waals surface area contributed by atoms with E-state index in [0.717, 1.165) is 25.2 Å². The zero-order valence-electron chi connectivity index (χ0n) is 9.86. The van der Waals surface area contributed by atoms with Crippen LogP contribution in [0.5, 0.6) is 0 Å². The lowest BCUT2D eigenvalue weighted by Gasteiger charge is -2.38. The Morgan fingerprint density at radius 3 is 2.73 bits per heavy atom. The minimum absolute atomic E-state index is 0.284. The minimum Gasteiger partial charge on any atom is -0.395 e. The molecule has 2 fully saturated rings. The Bertz CT molecular complexity index is 194. The molecule has 88 valence electrons. The van der Waals surface area contributed by atoms with Crippen molar-refractivity contribution in [3.8, 4) is 0 Å². The van der Waals surface area contributed by atoms with Crippen molar-refractivity contribution >= 4 is 0 Å². The van der Waals surface area contributed by atoms with Crippen molar-refractivity contribution in [3.63, 3.8) is 0 Å². The Labute approximate surface area is 93.1 Å². The SMILES string of the molecule is CN(CCO)CC1CCCCN1C1CC1. The summed E-state index contributed by atoms with van der Waals surface area (Å²) in [6.45, 7) is 3.54. The van der Waals surface area contributed by atoms with Crippen molar-refractivity contribution < 1.29 is 5.11 Å². The third kappa shape index (κ3) is 3.16. The number of nitrogens with zero attached hydrogens (tertiary/aromatic N) is 2. The molecule has 3 heteroatoms. The zero-order valence-corrected chi connectivity index (χ0v) is 9.86. The second-order valence-electron chi connectivity index (χ2n) is 5.10. The van der Waals surface area contributed by atoms with Crippen LogP contribution in [0.15, 0.2) is 0 Å². The fraction of sp³-hybridized carbons (Fsp3) is 1.00. The molecular formula is C12H24N2O. The Hall–Kier alpha value is -0.120. The van der Waals surface area contributed by atoms with Gasteiger partial charge in [-0.15, -0.1) is 0 Å². The highest BCUT2D eigenvalue weighted by Crippen LogP contribution is 2.32. The van der Waals surface area contributed by atoms with E-state index in [9.17, 15) is 0 Å². The molecule has 1 aliphatic carbocycles. The second kappa shape index (κ2) is 5.28. The first kappa shape index (κ1) is 11.4. The Morgan fingerprint density at radius 2 is 2.07 bits per heavy atom. The van der Waals surface area contributed by atoms with Crippen LogP contribution in [0.2, 0.25) is 0 Å². The summed E-state index contributed by atoms with van der Waals surface area (Å²) in [5.74, 6) is 0. The normalized spacial score (nSPS) is 28.6. The molecule has 0 radical (unpaired) electrons. The van der Waals surface area contributed by atoms with Gasteiger partial charge in [-0.2, -0.15) is 0 Å². The molecule has 1 atom stereocenters. The second-order valence-corrected chi connectivity index (χ2v) is 5.10. The summed E-state index contributed by atoms with van der Waals surface area (Å²) in [4.78, 5) is 4.99. The van der Waals surface area contributed by atoms with Crippen molar-refractivity contribution in [2.24, 2.45) is 0 Å². The summed E-state index contributed by atoms with van der Waals surface area (Å²) < 4.78 is 0. The fourth-order valence-corrected chi connectivity index (χ4v) is 2.73. The minimum atomic E-state index is 0.284. The summed E-state index contributed by atoms with van der Waals surface area (Å²) in [5, 5.41) is 8.90. The Balaban J connectivity index is 1.81. The van der Waals surface area contributed by atoms with E-state index in [-0.39, 0.29) is 6.61 Å². The smallest absolute Gasteiger partial charge is 0.0558 e. The molecule has 0 amide bonds. The molecule has 2 aliphatic rings. The van der Waals surface area contributed by atoms with Crippen molar-refractivity contribution in [2.75, 3.05) is 33.3 Å². The Kier molecular flexibility index (Phi) is 4.00. The maximum absolute atomic E-state index is 8.90. The first-order valence-electron chi connectivity index (χ1n) is 6.36. The van der Waals surface area contributed by atoms with Gasteiger partial charge in [0, 0.05) is 25.2 Å². The van der Waals surface area contributed by atoms with Gasteiger partial charge in [0.05, 0.1) is 6.61 Å². The summed E-state index contributed by atoms with van der Waals surface area (Å²) >= 11 is 0. The lowest BCUT2D eigenvalue weighted by molar-refractivity contribution is 0.0991. The summed E-state index contributed by atoms with van der Waals surface area (Å²) in [7, 11) is 2.12. The van der Waals surface area contributed by atoms with Crippen LogP contribution >= 0.6 is 0 Å². The van der Waals surface area contributed by atoms with Crippen molar-refractivity contribution in [1.29, 1.82) is 0 Å². The predicted molar refractivity (Wildman–Crippen MR) is 61.9 cm³/mol. The van der Waals surface area contributed by atoms with Gasteiger partial charge >= 0.3 is 0 Å². The highest BCUT2D eigenvalue weighted by atomic mass is 16.3. The predicted octanol–water partition coefficient (Wildman–Crippen LogP) is 0.927. The molecule has 1 unspecified atom stereocenters. The van der Waals surface area contributed by atoms with Crippen LogP contribution in [0.1, 0.15) is 32.1 Å². The number of hydrogen-bond donors (Lipinski definition) is 1. The van der Waals surface area contributed by atoms with Gasteiger partial charge in [-0.3, -0.25) is 4.90 Å². The van der Waals surface area contributed by atoms with Crippen LogP contribution in [0, 0.1) is 0 Å². The molecule has 0 aromatic heterocycles. The van der Waals surface area contributed by atoms with Gasteiger partial charge in [-0.25, -0.2) is 0 Å². The number of aliphatic hydroxyl groups is 1. The van der Waals surface area contributed by atoms with Crippen molar-refractivity contribution in [2.45, 2.75) is 44.2 Å². The average molecular weight is 212 g/mol. The molecule has 1 saturated heterocycles. The quantitative estimate of drug-likeness (QED) is 0.734. The van der Waals surface area contributed by atoms with E-state index in [1.807, 2.05) is 0 Å². The molecule has 0 spiro atoms. The molecule has 0 aromatic rings. The van der Waals surface area contributed by atoms with E-state index in [4.69, 9.17) is 5.11 Å². The lowest BCUT2D eigenvalue weighted by Crippen LogP contribution is -2.47. The van der Waals surface area contributed by atoms with E-state index in [1.54, 1.807) is 0 Å². The molecule has 1 aliphatic heterocycles. The lowest BCUT2D eigenvalue weighted by atomic mass is 10.0. The number of hydrogen-bond acceptors (Lipinski definition) is 3. The largest absolute Gasteiger partial charge is 0.395 e. The summed E-state index contributed by atoms with van der Waals surface area (Å²) in [6.07, 6.45) is 6.96.